The minimum atomic E-state index is 0.838. The summed E-state index contributed by atoms with van der Waals surface area (Å²) >= 11 is 0. The van der Waals surface area contributed by atoms with E-state index in [-0.39, 0.29) is 0 Å². The van der Waals surface area contributed by atoms with E-state index in [2.05, 4.69) is 51.1 Å². The fraction of sp³-hybridized carbons (Fsp3) is 0.125. The summed E-state index contributed by atoms with van der Waals surface area (Å²) in [4.78, 5) is 4.83. The highest BCUT2D eigenvalue weighted by atomic mass is 16.5. The third-order valence-electron chi connectivity index (χ3n) is 4.56. The molecule has 4 rings (SSSR count). The molecule has 0 radical (unpaired) electrons. The van der Waals surface area contributed by atoms with Gasteiger partial charge in [-0.1, -0.05) is 60.2 Å². The van der Waals surface area contributed by atoms with Gasteiger partial charge >= 0.3 is 0 Å². The number of aryl methyl sites for hydroxylation is 3. The second-order valence-electron chi connectivity index (χ2n) is 6.72. The summed E-state index contributed by atoms with van der Waals surface area (Å²) in [6.45, 7) is 6.30. The van der Waals surface area contributed by atoms with Crippen molar-refractivity contribution in [1.82, 2.24) is 4.98 Å². The molecule has 0 atom stereocenters. The van der Waals surface area contributed by atoms with Crippen LogP contribution in [0.25, 0.3) is 22.2 Å². The molecular formula is C24H21NO. The van der Waals surface area contributed by atoms with E-state index in [1.807, 2.05) is 42.5 Å². The first-order valence-corrected chi connectivity index (χ1v) is 8.83. The minimum Gasteiger partial charge on any atom is -0.456 e. The molecule has 2 heteroatoms. The average molecular weight is 339 g/mol. The molecule has 128 valence electrons. The van der Waals surface area contributed by atoms with Gasteiger partial charge in [-0.15, -0.1) is 0 Å². The summed E-state index contributed by atoms with van der Waals surface area (Å²) in [5.41, 5.74) is 6.47. The minimum absolute atomic E-state index is 0.838. The van der Waals surface area contributed by atoms with E-state index in [1.165, 1.54) is 5.56 Å². The van der Waals surface area contributed by atoms with Crippen LogP contribution in [0.2, 0.25) is 0 Å². The Kier molecular flexibility index (Phi) is 4.18. The Morgan fingerprint density at radius 3 is 2.12 bits per heavy atom. The first kappa shape index (κ1) is 16.3. The number of rotatable bonds is 3. The zero-order valence-electron chi connectivity index (χ0n) is 15.3. The van der Waals surface area contributed by atoms with Gasteiger partial charge in [0.2, 0.25) is 0 Å². The summed E-state index contributed by atoms with van der Waals surface area (Å²) < 4.78 is 6.43. The van der Waals surface area contributed by atoms with Crippen molar-refractivity contribution < 1.29 is 4.74 Å². The highest BCUT2D eigenvalue weighted by molar-refractivity contribution is 5.88. The first-order valence-electron chi connectivity index (χ1n) is 8.83. The highest BCUT2D eigenvalue weighted by Gasteiger charge is 2.12. The predicted molar refractivity (Wildman–Crippen MR) is 108 cm³/mol. The highest BCUT2D eigenvalue weighted by Crippen LogP contribution is 2.36. The van der Waals surface area contributed by atoms with Crippen molar-refractivity contribution in [3.63, 3.8) is 0 Å². The number of ether oxygens (including phenoxy) is 1. The van der Waals surface area contributed by atoms with Crippen molar-refractivity contribution in [1.29, 1.82) is 0 Å². The molecule has 0 spiro atoms. The van der Waals surface area contributed by atoms with Gasteiger partial charge in [0, 0.05) is 17.0 Å². The lowest BCUT2D eigenvalue weighted by Gasteiger charge is -2.15. The molecule has 0 saturated heterocycles. The van der Waals surface area contributed by atoms with Gasteiger partial charge in [-0.2, -0.15) is 0 Å². The maximum atomic E-state index is 6.43. The van der Waals surface area contributed by atoms with Crippen LogP contribution in [0.1, 0.15) is 16.7 Å². The zero-order valence-corrected chi connectivity index (χ0v) is 15.3. The molecule has 3 aromatic carbocycles. The van der Waals surface area contributed by atoms with E-state index >= 15 is 0 Å². The third-order valence-corrected chi connectivity index (χ3v) is 4.56. The summed E-state index contributed by atoms with van der Waals surface area (Å²) in [5, 5.41) is 1.02. The molecule has 1 heterocycles. The van der Waals surface area contributed by atoms with Crippen molar-refractivity contribution in [3.8, 4) is 22.8 Å². The number of nitrogens with zero attached hydrogens (tertiary/aromatic N) is 1. The Morgan fingerprint density at radius 1 is 0.731 bits per heavy atom. The summed E-state index contributed by atoms with van der Waals surface area (Å²) in [6.07, 6.45) is 0. The van der Waals surface area contributed by atoms with E-state index in [0.717, 1.165) is 44.8 Å². The van der Waals surface area contributed by atoms with Gasteiger partial charge in [0.05, 0.1) is 11.2 Å². The number of para-hydroxylation sites is 1. The predicted octanol–water partition coefficient (Wildman–Crippen LogP) is 6.62. The van der Waals surface area contributed by atoms with Gasteiger partial charge in [0.15, 0.2) is 0 Å². The first-order chi connectivity index (χ1) is 12.6. The van der Waals surface area contributed by atoms with E-state index in [0.29, 0.717) is 0 Å². The molecule has 0 fully saturated rings. The van der Waals surface area contributed by atoms with Crippen LogP contribution in [0, 0.1) is 20.8 Å². The molecule has 4 aromatic rings. The maximum absolute atomic E-state index is 6.43. The topological polar surface area (TPSA) is 22.1 Å². The molecular weight excluding hydrogens is 318 g/mol. The van der Waals surface area contributed by atoms with E-state index < -0.39 is 0 Å². The number of hydrogen-bond acceptors (Lipinski definition) is 2. The molecule has 0 amide bonds. The number of pyridine rings is 1. The van der Waals surface area contributed by atoms with Crippen LogP contribution in [0.5, 0.6) is 11.5 Å². The smallest absolute Gasteiger partial charge is 0.139 e. The summed E-state index contributed by atoms with van der Waals surface area (Å²) in [7, 11) is 0. The van der Waals surface area contributed by atoms with Crippen molar-refractivity contribution in [3.05, 3.63) is 89.5 Å². The lowest BCUT2D eigenvalue weighted by Crippen LogP contribution is -1.95. The molecule has 0 unspecified atom stereocenters. The zero-order chi connectivity index (χ0) is 18.1. The van der Waals surface area contributed by atoms with Gasteiger partial charge in [-0.25, -0.2) is 4.98 Å². The monoisotopic (exact) mass is 339 g/mol. The van der Waals surface area contributed by atoms with Crippen LogP contribution < -0.4 is 4.74 Å². The van der Waals surface area contributed by atoms with Crippen molar-refractivity contribution in [2.45, 2.75) is 20.8 Å². The van der Waals surface area contributed by atoms with Crippen LogP contribution in [0.3, 0.4) is 0 Å². The standard InChI is InChI=1S/C24H21NO/c1-16-13-17(2)24(18(3)14-16)26-23-15-22(19-9-5-4-6-10-19)25-21-12-8-7-11-20(21)23/h4-15H,1-3H3. The van der Waals surface area contributed by atoms with Gasteiger partial charge in [0.1, 0.15) is 11.5 Å². The van der Waals surface area contributed by atoms with Gasteiger partial charge in [-0.05, 0) is 44.0 Å². The van der Waals surface area contributed by atoms with Crippen LogP contribution in [-0.2, 0) is 0 Å². The molecule has 0 saturated carbocycles. The number of hydrogen-bond donors (Lipinski definition) is 0. The lowest BCUT2D eigenvalue weighted by molar-refractivity contribution is 0.480. The molecule has 1 aromatic heterocycles. The SMILES string of the molecule is Cc1cc(C)c(Oc2cc(-c3ccccc3)nc3ccccc23)c(C)c1. The Labute approximate surface area is 154 Å². The molecule has 0 N–H and O–H groups in total. The Hall–Kier alpha value is -3.13. The normalized spacial score (nSPS) is 10.9. The van der Waals surface area contributed by atoms with E-state index in [4.69, 9.17) is 9.72 Å². The van der Waals surface area contributed by atoms with Crippen molar-refractivity contribution in [2.24, 2.45) is 0 Å². The van der Waals surface area contributed by atoms with Gasteiger partial charge < -0.3 is 4.74 Å². The lowest BCUT2D eigenvalue weighted by atomic mass is 10.1. The second kappa shape index (κ2) is 6.64. The molecule has 0 aliphatic carbocycles. The largest absolute Gasteiger partial charge is 0.456 e. The Morgan fingerprint density at radius 2 is 1.38 bits per heavy atom. The Bertz CT molecular complexity index is 1060. The van der Waals surface area contributed by atoms with Crippen LogP contribution in [0.15, 0.2) is 72.8 Å². The molecule has 2 nitrogen and oxygen atoms in total. The third kappa shape index (κ3) is 3.06. The fourth-order valence-electron chi connectivity index (χ4n) is 3.42. The van der Waals surface area contributed by atoms with Crippen molar-refractivity contribution >= 4 is 10.9 Å². The molecule has 0 bridgehead atoms. The average Bonchev–Trinajstić information content (AvgIpc) is 2.65. The summed E-state index contributed by atoms with van der Waals surface area (Å²) in [6, 6.07) is 24.7. The number of fused-ring (bicyclic) bond motifs is 1. The van der Waals surface area contributed by atoms with E-state index in [1.54, 1.807) is 0 Å². The molecule has 0 aliphatic rings. The Balaban J connectivity index is 1.89. The second-order valence-corrected chi connectivity index (χ2v) is 6.72. The van der Waals surface area contributed by atoms with Crippen LogP contribution in [-0.4, -0.2) is 4.98 Å². The number of aromatic nitrogens is 1. The van der Waals surface area contributed by atoms with Gasteiger partial charge in [-0.3, -0.25) is 0 Å². The quantitative estimate of drug-likeness (QED) is 0.418. The van der Waals surface area contributed by atoms with Crippen molar-refractivity contribution in [2.75, 3.05) is 0 Å². The summed E-state index contributed by atoms with van der Waals surface area (Å²) in [5.74, 6) is 1.76. The van der Waals surface area contributed by atoms with Gasteiger partial charge in [0.25, 0.3) is 0 Å². The molecule has 0 aliphatic heterocycles. The molecule has 26 heavy (non-hydrogen) atoms. The van der Waals surface area contributed by atoms with E-state index in [9.17, 15) is 0 Å². The number of benzene rings is 3. The maximum Gasteiger partial charge on any atom is 0.139 e. The fourth-order valence-corrected chi connectivity index (χ4v) is 3.42. The van der Waals surface area contributed by atoms with Crippen LogP contribution >= 0.6 is 0 Å². The van der Waals surface area contributed by atoms with Crippen LogP contribution in [0.4, 0.5) is 0 Å².